The second-order valence-electron chi connectivity index (χ2n) is 5.46. The largest absolute Gasteiger partial charge is 0.493 e. The number of ether oxygens (including phenoxy) is 2. The number of rotatable bonds is 9. The highest BCUT2D eigenvalue weighted by molar-refractivity contribution is 6.35. The third kappa shape index (κ3) is 6.66. The Kier molecular flexibility index (Phi) is 8.23. The maximum atomic E-state index is 11.9. The first-order valence-electron chi connectivity index (χ1n) is 8.28. The normalized spacial score (nSPS) is 10.7. The van der Waals surface area contributed by atoms with E-state index in [4.69, 9.17) is 32.7 Å². The summed E-state index contributed by atoms with van der Waals surface area (Å²) in [5.41, 5.74) is 0.992. The van der Waals surface area contributed by atoms with Crippen molar-refractivity contribution in [1.29, 1.82) is 0 Å². The minimum atomic E-state index is -0.244. The Morgan fingerprint density at radius 1 is 1.22 bits per heavy atom. The van der Waals surface area contributed by atoms with Crippen molar-refractivity contribution in [2.45, 2.75) is 6.92 Å². The molecule has 0 aliphatic rings. The zero-order valence-electron chi connectivity index (χ0n) is 15.1. The fraction of sp³-hybridized carbons (Fsp3) is 0.263. The number of pyridine rings is 1. The smallest absolute Gasteiger partial charge is 0.258 e. The molecule has 8 heteroatoms. The summed E-state index contributed by atoms with van der Waals surface area (Å²) >= 11 is 11.8. The number of allylic oxidation sites excluding steroid dienone is 1. The molecule has 0 atom stereocenters. The number of carbonyl (C=O) groups is 1. The van der Waals surface area contributed by atoms with Crippen molar-refractivity contribution in [3.63, 3.8) is 0 Å². The van der Waals surface area contributed by atoms with Crippen molar-refractivity contribution in [2.24, 2.45) is 0 Å². The van der Waals surface area contributed by atoms with Crippen LogP contribution in [0.2, 0.25) is 10.0 Å². The van der Waals surface area contributed by atoms with Gasteiger partial charge in [-0.05, 0) is 30.7 Å². The molecule has 2 aromatic rings. The Morgan fingerprint density at radius 2 is 2.04 bits per heavy atom. The molecule has 1 aromatic carbocycles. The van der Waals surface area contributed by atoms with Crippen molar-refractivity contribution in [3.05, 3.63) is 52.1 Å². The lowest BCUT2D eigenvalue weighted by atomic mass is 10.2. The van der Waals surface area contributed by atoms with E-state index in [2.05, 4.69) is 15.6 Å². The van der Waals surface area contributed by atoms with E-state index in [1.807, 2.05) is 31.2 Å². The van der Waals surface area contributed by atoms with E-state index in [-0.39, 0.29) is 12.5 Å². The van der Waals surface area contributed by atoms with Crippen LogP contribution in [-0.2, 0) is 4.79 Å². The van der Waals surface area contributed by atoms with Gasteiger partial charge in [-0.15, -0.1) is 0 Å². The summed E-state index contributed by atoms with van der Waals surface area (Å²) in [6.45, 7) is 2.67. The van der Waals surface area contributed by atoms with Crippen LogP contribution in [0, 0.1) is 0 Å². The Bertz CT molecular complexity index is 813. The van der Waals surface area contributed by atoms with Crippen LogP contribution in [0.4, 0.5) is 5.82 Å². The molecule has 2 rings (SSSR count). The number of hydrogen-bond donors (Lipinski definition) is 2. The third-order valence-corrected chi connectivity index (χ3v) is 3.95. The SMILES string of the molecule is CC=Cc1ccc(OCC(=O)NCCNc2ncc(Cl)cc2Cl)c(OC)c1. The average Bonchev–Trinajstić information content (AvgIpc) is 2.65. The van der Waals surface area contributed by atoms with E-state index < -0.39 is 0 Å². The van der Waals surface area contributed by atoms with Crippen molar-refractivity contribution in [2.75, 3.05) is 32.1 Å². The quantitative estimate of drug-likeness (QED) is 0.611. The fourth-order valence-electron chi connectivity index (χ4n) is 2.22. The number of methoxy groups -OCH3 is 1. The van der Waals surface area contributed by atoms with Gasteiger partial charge < -0.3 is 20.1 Å². The van der Waals surface area contributed by atoms with E-state index in [1.165, 1.54) is 6.20 Å². The number of halogens is 2. The van der Waals surface area contributed by atoms with Crippen LogP contribution in [0.3, 0.4) is 0 Å². The lowest BCUT2D eigenvalue weighted by molar-refractivity contribution is -0.123. The maximum Gasteiger partial charge on any atom is 0.258 e. The minimum Gasteiger partial charge on any atom is -0.493 e. The van der Waals surface area contributed by atoms with Crippen molar-refractivity contribution in [3.8, 4) is 11.5 Å². The highest BCUT2D eigenvalue weighted by Crippen LogP contribution is 2.28. The van der Waals surface area contributed by atoms with E-state index >= 15 is 0 Å². The number of carbonyl (C=O) groups excluding carboxylic acids is 1. The van der Waals surface area contributed by atoms with Crippen LogP contribution in [0.1, 0.15) is 12.5 Å². The zero-order valence-corrected chi connectivity index (χ0v) is 16.6. The Hall–Kier alpha value is -2.44. The molecule has 0 bridgehead atoms. The molecule has 0 unspecified atom stereocenters. The van der Waals surface area contributed by atoms with Crippen LogP contribution in [0.15, 0.2) is 36.5 Å². The minimum absolute atomic E-state index is 0.112. The molecule has 1 aromatic heterocycles. The zero-order chi connectivity index (χ0) is 19.6. The van der Waals surface area contributed by atoms with Crippen LogP contribution in [0.5, 0.6) is 11.5 Å². The Morgan fingerprint density at radius 3 is 2.74 bits per heavy atom. The van der Waals surface area contributed by atoms with Crippen LogP contribution in [0.25, 0.3) is 6.08 Å². The van der Waals surface area contributed by atoms with Gasteiger partial charge in [-0.3, -0.25) is 4.79 Å². The van der Waals surface area contributed by atoms with Gasteiger partial charge in [-0.25, -0.2) is 4.98 Å². The van der Waals surface area contributed by atoms with Gasteiger partial charge in [0.05, 0.1) is 17.2 Å². The second kappa shape index (κ2) is 10.6. The molecule has 0 saturated carbocycles. The van der Waals surface area contributed by atoms with Crippen molar-refractivity contribution < 1.29 is 14.3 Å². The molecule has 0 saturated heterocycles. The number of aromatic nitrogens is 1. The third-order valence-electron chi connectivity index (χ3n) is 3.45. The Balaban J connectivity index is 1.76. The Labute approximate surface area is 168 Å². The standard InChI is InChI=1S/C19H21Cl2N3O3/c1-3-4-13-5-6-16(17(9-13)26-2)27-12-18(25)22-7-8-23-19-15(21)10-14(20)11-24-19/h3-6,9-11H,7-8,12H2,1-2H3,(H,22,25)(H,23,24). The van der Waals surface area contributed by atoms with Gasteiger partial charge in [0, 0.05) is 19.3 Å². The number of benzene rings is 1. The molecule has 0 radical (unpaired) electrons. The van der Waals surface area contributed by atoms with E-state index in [9.17, 15) is 4.79 Å². The maximum absolute atomic E-state index is 11.9. The molecular formula is C19H21Cl2N3O3. The first kappa shape index (κ1) is 20.9. The summed E-state index contributed by atoms with van der Waals surface area (Å²) in [6, 6.07) is 7.11. The summed E-state index contributed by atoms with van der Waals surface area (Å²) in [5.74, 6) is 1.35. The highest BCUT2D eigenvalue weighted by atomic mass is 35.5. The molecule has 6 nitrogen and oxygen atoms in total. The predicted octanol–water partition coefficient (Wildman–Crippen LogP) is 4.04. The van der Waals surface area contributed by atoms with Crippen LogP contribution < -0.4 is 20.1 Å². The molecular weight excluding hydrogens is 389 g/mol. The number of anilines is 1. The number of amides is 1. The molecule has 0 fully saturated rings. The van der Waals surface area contributed by atoms with Gasteiger partial charge >= 0.3 is 0 Å². The second-order valence-corrected chi connectivity index (χ2v) is 6.30. The van der Waals surface area contributed by atoms with E-state index in [0.717, 1.165) is 5.56 Å². The summed E-state index contributed by atoms with van der Waals surface area (Å²) in [7, 11) is 1.56. The average molecular weight is 410 g/mol. The fourth-order valence-corrected chi connectivity index (χ4v) is 2.67. The molecule has 144 valence electrons. The lowest BCUT2D eigenvalue weighted by Gasteiger charge is -2.12. The van der Waals surface area contributed by atoms with Crippen molar-refractivity contribution >= 4 is 41.0 Å². The van der Waals surface area contributed by atoms with Gasteiger partial charge in [0.2, 0.25) is 0 Å². The van der Waals surface area contributed by atoms with Crippen LogP contribution in [-0.4, -0.2) is 37.7 Å². The van der Waals surface area contributed by atoms with Crippen molar-refractivity contribution in [1.82, 2.24) is 10.3 Å². The van der Waals surface area contributed by atoms with Crippen LogP contribution >= 0.6 is 23.2 Å². The van der Waals surface area contributed by atoms with Gasteiger partial charge in [0.25, 0.3) is 5.91 Å². The molecule has 2 N–H and O–H groups in total. The molecule has 1 amide bonds. The van der Waals surface area contributed by atoms with E-state index in [1.54, 1.807) is 19.2 Å². The molecule has 0 aliphatic heterocycles. The molecule has 0 spiro atoms. The van der Waals surface area contributed by atoms with Gasteiger partial charge in [-0.1, -0.05) is 41.4 Å². The topological polar surface area (TPSA) is 72.5 Å². The van der Waals surface area contributed by atoms with Gasteiger partial charge in [0.15, 0.2) is 18.1 Å². The summed E-state index contributed by atoms with van der Waals surface area (Å²) in [6.07, 6.45) is 5.38. The summed E-state index contributed by atoms with van der Waals surface area (Å²) in [4.78, 5) is 16.0. The first-order valence-corrected chi connectivity index (χ1v) is 9.04. The number of nitrogens with zero attached hydrogens (tertiary/aromatic N) is 1. The molecule has 27 heavy (non-hydrogen) atoms. The summed E-state index contributed by atoms with van der Waals surface area (Å²) in [5, 5.41) is 6.65. The first-order chi connectivity index (χ1) is 13.0. The lowest BCUT2D eigenvalue weighted by Crippen LogP contribution is -2.32. The number of hydrogen-bond acceptors (Lipinski definition) is 5. The monoisotopic (exact) mass is 409 g/mol. The molecule has 1 heterocycles. The molecule has 0 aliphatic carbocycles. The number of nitrogens with one attached hydrogen (secondary N) is 2. The van der Waals surface area contributed by atoms with Gasteiger partial charge in [-0.2, -0.15) is 0 Å². The highest BCUT2D eigenvalue weighted by Gasteiger charge is 2.08. The van der Waals surface area contributed by atoms with E-state index in [0.29, 0.717) is 40.5 Å². The predicted molar refractivity (Wildman–Crippen MR) is 109 cm³/mol. The van der Waals surface area contributed by atoms with Gasteiger partial charge in [0.1, 0.15) is 5.82 Å². The summed E-state index contributed by atoms with van der Waals surface area (Å²) < 4.78 is 10.8.